The lowest BCUT2D eigenvalue weighted by Crippen LogP contribution is -2.21. The Morgan fingerprint density at radius 2 is 1.52 bits per heavy atom. The smallest absolute Gasteiger partial charge is 0.0633 e. The Balaban J connectivity index is 2.41. The van der Waals surface area contributed by atoms with E-state index in [9.17, 15) is 5.11 Å². The molecule has 1 unspecified atom stereocenters. The first-order chi connectivity index (χ1) is 12.2. The van der Waals surface area contributed by atoms with Crippen LogP contribution in [0.1, 0.15) is 64.2 Å². The van der Waals surface area contributed by atoms with Gasteiger partial charge in [-0.2, -0.15) is 0 Å². The summed E-state index contributed by atoms with van der Waals surface area (Å²) in [6.07, 6.45) is 18.5. The first-order valence-electron chi connectivity index (χ1n) is 9.98. The van der Waals surface area contributed by atoms with E-state index in [0.717, 1.165) is 57.8 Å². The third-order valence-corrected chi connectivity index (χ3v) is 5.18. The van der Waals surface area contributed by atoms with Crippen molar-refractivity contribution in [3.63, 3.8) is 0 Å². The molecule has 0 amide bonds. The van der Waals surface area contributed by atoms with E-state index in [1.54, 1.807) is 7.11 Å². The molecule has 1 rings (SSSR count). The van der Waals surface area contributed by atoms with Crippen molar-refractivity contribution in [1.82, 2.24) is 0 Å². The molecular weight excluding hydrogens is 316 g/mol. The number of unbranched alkanes of at least 4 members (excludes halogenated alkanes) is 6. The molecule has 0 radical (unpaired) electrons. The quantitative estimate of drug-likeness (QED) is 0.329. The monoisotopic (exact) mass is 354 g/mol. The molecule has 0 aromatic carbocycles. The summed E-state index contributed by atoms with van der Waals surface area (Å²) in [7, 11) is 1.74. The van der Waals surface area contributed by atoms with E-state index in [4.69, 9.17) is 14.9 Å². The molecule has 0 saturated heterocycles. The van der Waals surface area contributed by atoms with Crippen LogP contribution < -0.4 is 0 Å². The minimum Gasteiger partial charge on any atom is -0.396 e. The molecule has 4 nitrogen and oxygen atoms in total. The van der Waals surface area contributed by atoms with Crippen LogP contribution >= 0.6 is 0 Å². The fraction of sp³-hybridized carbons (Fsp3) is 0.810. The summed E-state index contributed by atoms with van der Waals surface area (Å²) >= 11 is 0. The van der Waals surface area contributed by atoms with Gasteiger partial charge in [-0.05, 0) is 50.9 Å². The number of hydrogen-bond acceptors (Lipinski definition) is 4. The van der Waals surface area contributed by atoms with Crippen LogP contribution in [0.5, 0.6) is 0 Å². The van der Waals surface area contributed by atoms with Gasteiger partial charge in [0.05, 0.1) is 12.2 Å². The Hall–Kier alpha value is -0.680. The van der Waals surface area contributed by atoms with Crippen LogP contribution in [0.4, 0.5) is 0 Å². The summed E-state index contributed by atoms with van der Waals surface area (Å²) in [4.78, 5) is 0. The average Bonchev–Trinajstić information content (AvgIpc) is 2.92. The number of allylic oxidation sites excluding steroid dienone is 3. The van der Waals surface area contributed by atoms with Gasteiger partial charge in [0.25, 0.3) is 0 Å². The van der Waals surface area contributed by atoms with Crippen LogP contribution in [0, 0.1) is 11.8 Å². The van der Waals surface area contributed by atoms with Crippen LogP contribution in [0.2, 0.25) is 0 Å². The normalized spacial score (nSPS) is 27.0. The van der Waals surface area contributed by atoms with E-state index >= 15 is 0 Å². The van der Waals surface area contributed by atoms with Gasteiger partial charge in [-0.25, -0.2) is 0 Å². The molecule has 0 heterocycles. The molecule has 146 valence electrons. The Morgan fingerprint density at radius 3 is 2.24 bits per heavy atom. The van der Waals surface area contributed by atoms with E-state index in [2.05, 4.69) is 24.3 Å². The molecule has 1 saturated carbocycles. The van der Waals surface area contributed by atoms with Crippen LogP contribution in [0.3, 0.4) is 0 Å². The highest BCUT2D eigenvalue weighted by Gasteiger charge is 2.40. The van der Waals surface area contributed by atoms with Crippen LogP contribution in [0.25, 0.3) is 0 Å². The maximum Gasteiger partial charge on any atom is 0.0633 e. The van der Waals surface area contributed by atoms with Crippen molar-refractivity contribution in [3.8, 4) is 0 Å². The summed E-state index contributed by atoms with van der Waals surface area (Å²) in [6.45, 7) is 0.555. The lowest BCUT2D eigenvalue weighted by molar-refractivity contribution is 0.0637. The molecule has 0 aliphatic heterocycles. The largest absolute Gasteiger partial charge is 0.396 e. The van der Waals surface area contributed by atoms with Crippen molar-refractivity contribution in [2.45, 2.75) is 76.4 Å². The summed E-state index contributed by atoms with van der Waals surface area (Å²) in [5.41, 5.74) is 0. The van der Waals surface area contributed by atoms with Gasteiger partial charge >= 0.3 is 0 Å². The highest BCUT2D eigenvalue weighted by Crippen LogP contribution is 2.38. The Kier molecular flexibility index (Phi) is 13.0. The van der Waals surface area contributed by atoms with Crippen molar-refractivity contribution in [2.75, 3.05) is 20.3 Å². The predicted octanol–water partition coefficient (Wildman–Crippen LogP) is 3.61. The van der Waals surface area contributed by atoms with Crippen LogP contribution in [-0.2, 0) is 4.74 Å². The van der Waals surface area contributed by atoms with Gasteiger partial charge in [-0.15, -0.1) is 0 Å². The maximum atomic E-state index is 10.4. The molecule has 1 aliphatic rings. The number of aliphatic hydroxyl groups is 3. The predicted molar refractivity (Wildman–Crippen MR) is 102 cm³/mol. The molecule has 0 spiro atoms. The Bertz CT molecular complexity index is 367. The Labute approximate surface area is 153 Å². The minimum atomic E-state index is -0.316. The highest BCUT2D eigenvalue weighted by molar-refractivity contribution is 5.05. The van der Waals surface area contributed by atoms with Gasteiger partial charge in [-0.3, -0.25) is 0 Å². The molecule has 1 fully saturated rings. The lowest BCUT2D eigenvalue weighted by Gasteiger charge is -2.21. The first kappa shape index (κ1) is 22.4. The van der Waals surface area contributed by atoms with Crippen LogP contribution in [-0.4, -0.2) is 47.9 Å². The zero-order valence-electron chi connectivity index (χ0n) is 15.9. The summed E-state index contributed by atoms with van der Waals surface area (Å²) in [5, 5.41) is 28.0. The molecule has 4 atom stereocenters. The maximum absolute atomic E-state index is 10.4. The van der Waals surface area contributed by atoms with Crippen molar-refractivity contribution < 1.29 is 20.1 Å². The van der Waals surface area contributed by atoms with Gasteiger partial charge in [-0.1, -0.05) is 37.1 Å². The second kappa shape index (κ2) is 14.5. The third-order valence-electron chi connectivity index (χ3n) is 5.18. The van der Waals surface area contributed by atoms with E-state index in [1.807, 2.05) is 0 Å². The van der Waals surface area contributed by atoms with Crippen molar-refractivity contribution in [3.05, 3.63) is 24.3 Å². The first-order valence-corrected chi connectivity index (χ1v) is 9.98. The standard InChI is InChI=1S/C21H38O4/c1-25-21-17-20(24)18(13-9-5-2-3-7-11-15-22)19(21)14-10-6-4-8-12-16-23/h6,9-10,13,18-24H,2-5,7-8,11-12,14-17H2,1H3/b10-6-,13-9+/t18-,19?,20-,21+/m0/s1. The molecule has 3 N–H and O–H groups in total. The summed E-state index contributed by atoms with van der Waals surface area (Å²) in [5.74, 6) is 0.504. The molecule has 4 heteroatoms. The zero-order valence-corrected chi connectivity index (χ0v) is 15.9. The molecule has 1 aliphatic carbocycles. The number of rotatable bonds is 14. The second-order valence-electron chi connectivity index (χ2n) is 7.10. The van der Waals surface area contributed by atoms with Gasteiger partial charge in [0, 0.05) is 32.7 Å². The molecule has 25 heavy (non-hydrogen) atoms. The van der Waals surface area contributed by atoms with Gasteiger partial charge < -0.3 is 20.1 Å². The van der Waals surface area contributed by atoms with E-state index in [0.29, 0.717) is 12.3 Å². The molecule has 0 aromatic rings. The summed E-state index contributed by atoms with van der Waals surface area (Å²) < 4.78 is 5.61. The third kappa shape index (κ3) is 9.00. The SMILES string of the molecule is CO[C@@H]1C[C@H](O)[C@@H](/C=C/CCCCCCO)C1C/C=C\CCCCO. The lowest BCUT2D eigenvalue weighted by atomic mass is 9.89. The van der Waals surface area contributed by atoms with Gasteiger partial charge in [0.2, 0.25) is 0 Å². The van der Waals surface area contributed by atoms with E-state index < -0.39 is 0 Å². The van der Waals surface area contributed by atoms with E-state index in [1.165, 1.54) is 0 Å². The fourth-order valence-electron chi connectivity index (χ4n) is 3.68. The van der Waals surface area contributed by atoms with Crippen molar-refractivity contribution in [1.29, 1.82) is 0 Å². The van der Waals surface area contributed by atoms with Crippen molar-refractivity contribution in [2.24, 2.45) is 11.8 Å². The molecular formula is C21H38O4. The number of hydrogen-bond donors (Lipinski definition) is 3. The van der Waals surface area contributed by atoms with Gasteiger partial charge in [0.1, 0.15) is 0 Å². The molecule has 0 bridgehead atoms. The fourth-order valence-corrected chi connectivity index (χ4v) is 3.68. The highest BCUT2D eigenvalue weighted by atomic mass is 16.5. The zero-order chi connectivity index (χ0) is 18.3. The van der Waals surface area contributed by atoms with Crippen molar-refractivity contribution >= 4 is 0 Å². The van der Waals surface area contributed by atoms with Gasteiger partial charge in [0.15, 0.2) is 0 Å². The topological polar surface area (TPSA) is 69.9 Å². The number of aliphatic hydroxyl groups excluding tert-OH is 3. The van der Waals surface area contributed by atoms with E-state index in [-0.39, 0.29) is 31.3 Å². The number of methoxy groups -OCH3 is 1. The number of ether oxygens (including phenoxy) is 1. The Morgan fingerprint density at radius 1 is 0.880 bits per heavy atom. The average molecular weight is 355 g/mol. The summed E-state index contributed by atoms with van der Waals surface area (Å²) in [6, 6.07) is 0. The second-order valence-corrected chi connectivity index (χ2v) is 7.10. The minimum absolute atomic E-state index is 0.122. The molecule has 0 aromatic heterocycles. The van der Waals surface area contributed by atoms with Crippen LogP contribution in [0.15, 0.2) is 24.3 Å².